The van der Waals surface area contributed by atoms with Crippen LogP contribution in [0, 0.1) is 11.8 Å². The molecule has 0 aliphatic heterocycles. The molecule has 0 unspecified atom stereocenters. The van der Waals surface area contributed by atoms with Crippen LogP contribution in [0.15, 0.2) is 24.3 Å². The molecule has 0 amide bonds. The molecule has 0 saturated heterocycles. The molecule has 0 bridgehead atoms. The average Bonchev–Trinajstić information content (AvgIpc) is 3.30. The molecule has 0 aromatic carbocycles. The van der Waals surface area contributed by atoms with E-state index in [1.54, 1.807) is 12.2 Å². The Balaban J connectivity index is 2.39. The Morgan fingerprint density at radius 1 is 0.854 bits per heavy atom. The van der Waals surface area contributed by atoms with Gasteiger partial charge < -0.3 is 29.5 Å². The molecule has 0 spiro atoms. The highest BCUT2D eigenvalue weighted by atomic mass is 31.2. The lowest BCUT2D eigenvalue weighted by atomic mass is 9.90. The van der Waals surface area contributed by atoms with Crippen molar-refractivity contribution in [1.82, 2.24) is 0 Å². The van der Waals surface area contributed by atoms with E-state index in [9.17, 15) is 29.2 Å². The van der Waals surface area contributed by atoms with E-state index in [1.165, 1.54) is 38.5 Å². The number of aliphatic hydroxyl groups is 2. The Bertz CT molecular complexity index is 992. The summed E-state index contributed by atoms with van der Waals surface area (Å²) in [5.74, 6) is -1.83. The van der Waals surface area contributed by atoms with E-state index in [1.807, 2.05) is 12.2 Å². The van der Waals surface area contributed by atoms with Crippen LogP contribution < -0.4 is 0 Å². The molecule has 0 radical (unpaired) electrons. The number of carbonyl (C=O) groups is 3. The van der Waals surface area contributed by atoms with Crippen LogP contribution in [0.25, 0.3) is 0 Å². The van der Waals surface area contributed by atoms with Gasteiger partial charge in [-0.15, -0.1) is 0 Å². The number of ketones is 1. The van der Waals surface area contributed by atoms with E-state index in [4.69, 9.17) is 19.3 Å². The zero-order chi connectivity index (χ0) is 35.6. The smallest absolute Gasteiger partial charge is 0.462 e. The van der Waals surface area contributed by atoms with Gasteiger partial charge >= 0.3 is 19.8 Å². The van der Waals surface area contributed by atoms with E-state index >= 15 is 0 Å². The van der Waals surface area contributed by atoms with Crippen molar-refractivity contribution in [1.29, 1.82) is 0 Å². The largest absolute Gasteiger partial charge is 0.469 e. The van der Waals surface area contributed by atoms with Crippen molar-refractivity contribution in [3.63, 3.8) is 0 Å². The summed E-state index contributed by atoms with van der Waals surface area (Å²) in [6.45, 7) is 3.31. The monoisotopic (exact) mass is 702 g/mol. The predicted octanol–water partition coefficient (Wildman–Crippen LogP) is 7.04. The summed E-state index contributed by atoms with van der Waals surface area (Å²) >= 11 is 0. The van der Waals surface area contributed by atoms with Crippen LogP contribution in [0.4, 0.5) is 0 Å². The normalized spacial score (nSPS) is 19.7. The number of carbonyl (C=O) groups excluding carboxylic acids is 3. The lowest BCUT2D eigenvalue weighted by Crippen LogP contribution is -2.29. The van der Waals surface area contributed by atoms with Gasteiger partial charge in [0.2, 0.25) is 0 Å². The number of rotatable bonds is 29. The fourth-order valence-corrected chi connectivity index (χ4v) is 6.13. The van der Waals surface area contributed by atoms with Gasteiger partial charge in [-0.3, -0.25) is 18.9 Å². The molecule has 0 aromatic heterocycles. The van der Waals surface area contributed by atoms with Crippen molar-refractivity contribution in [2.24, 2.45) is 11.8 Å². The fourth-order valence-electron chi connectivity index (χ4n) is 5.76. The average molecular weight is 703 g/mol. The SMILES string of the molecule is CCCCCCCCCCCCC(=O)OC[C@H](COP(=O)(O)O)OC(=O)CCC/C=C\C[C@H]1C(=O)C[C@@H](O)[C@@H]1/C=C/[C@@H](O)CCCCC. The highest BCUT2D eigenvalue weighted by Crippen LogP contribution is 2.36. The molecule has 1 aliphatic rings. The first-order chi connectivity index (χ1) is 23.0. The van der Waals surface area contributed by atoms with Crippen LogP contribution in [-0.4, -0.2) is 69.2 Å². The molecule has 1 rings (SSSR count). The van der Waals surface area contributed by atoms with Gasteiger partial charge in [0.1, 0.15) is 12.4 Å². The van der Waals surface area contributed by atoms with E-state index in [-0.39, 0.29) is 43.5 Å². The minimum absolute atomic E-state index is 0.0152. The zero-order valence-electron chi connectivity index (χ0n) is 29.3. The van der Waals surface area contributed by atoms with E-state index in [2.05, 4.69) is 18.4 Å². The van der Waals surface area contributed by atoms with Gasteiger partial charge in [0.25, 0.3) is 0 Å². The Labute approximate surface area is 288 Å². The first-order valence-electron chi connectivity index (χ1n) is 18.2. The first-order valence-corrected chi connectivity index (χ1v) is 19.8. The molecule has 1 fully saturated rings. The van der Waals surface area contributed by atoms with Gasteiger partial charge in [0, 0.05) is 31.1 Å². The van der Waals surface area contributed by atoms with Crippen LogP contribution >= 0.6 is 7.82 Å². The Hall–Kier alpha value is -1.88. The molecule has 278 valence electrons. The first kappa shape index (κ1) is 44.1. The molecule has 5 atom stereocenters. The summed E-state index contributed by atoms with van der Waals surface area (Å²) in [6.07, 6.45) is 21.3. The molecular formula is C36H63O11P. The molecule has 12 heteroatoms. The van der Waals surface area contributed by atoms with Crippen molar-refractivity contribution in [3.05, 3.63) is 24.3 Å². The molecule has 11 nitrogen and oxygen atoms in total. The minimum Gasteiger partial charge on any atom is -0.462 e. The van der Waals surface area contributed by atoms with Crippen molar-refractivity contribution >= 4 is 25.5 Å². The molecule has 0 aromatic rings. The second-order valence-electron chi connectivity index (χ2n) is 13.0. The number of ether oxygens (including phenoxy) is 2. The van der Waals surface area contributed by atoms with Crippen molar-refractivity contribution in [2.45, 2.75) is 161 Å². The van der Waals surface area contributed by atoms with Crippen LogP contribution in [0.3, 0.4) is 0 Å². The van der Waals surface area contributed by atoms with Crippen LogP contribution in [0.5, 0.6) is 0 Å². The van der Waals surface area contributed by atoms with Gasteiger partial charge in [-0.1, -0.05) is 115 Å². The number of hydrogen-bond donors (Lipinski definition) is 4. The Kier molecular flexibility index (Phi) is 24.8. The number of Topliss-reactive ketones (excluding diaryl/α,β-unsaturated/α-hetero) is 1. The van der Waals surface area contributed by atoms with Crippen molar-refractivity contribution in [3.8, 4) is 0 Å². The van der Waals surface area contributed by atoms with Crippen LogP contribution in [0.1, 0.15) is 142 Å². The highest BCUT2D eigenvalue weighted by molar-refractivity contribution is 7.46. The van der Waals surface area contributed by atoms with Crippen molar-refractivity contribution < 1.29 is 52.9 Å². The van der Waals surface area contributed by atoms with Gasteiger partial charge in [-0.05, 0) is 32.1 Å². The van der Waals surface area contributed by atoms with Crippen LogP contribution in [-0.2, 0) is 32.9 Å². The Morgan fingerprint density at radius 3 is 2.10 bits per heavy atom. The topological polar surface area (TPSA) is 177 Å². The number of unbranched alkanes of at least 4 members (excludes halogenated alkanes) is 12. The number of allylic oxidation sites excluding steroid dienone is 2. The van der Waals surface area contributed by atoms with Gasteiger partial charge in [0.15, 0.2) is 6.10 Å². The second-order valence-corrected chi connectivity index (χ2v) is 14.2. The number of phosphoric ester groups is 1. The van der Waals surface area contributed by atoms with E-state index in [0.29, 0.717) is 32.1 Å². The lowest BCUT2D eigenvalue weighted by molar-refractivity contribution is -0.161. The van der Waals surface area contributed by atoms with E-state index < -0.39 is 44.7 Å². The molecule has 4 N–H and O–H groups in total. The molecular weight excluding hydrogens is 639 g/mol. The van der Waals surface area contributed by atoms with Crippen LogP contribution in [0.2, 0.25) is 0 Å². The summed E-state index contributed by atoms with van der Waals surface area (Å²) in [6, 6.07) is 0. The molecule has 1 saturated carbocycles. The second kappa shape index (κ2) is 26.9. The summed E-state index contributed by atoms with van der Waals surface area (Å²) in [7, 11) is -4.82. The van der Waals surface area contributed by atoms with Gasteiger partial charge in [-0.2, -0.15) is 0 Å². The zero-order valence-corrected chi connectivity index (χ0v) is 30.2. The summed E-state index contributed by atoms with van der Waals surface area (Å²) in [5.41, 5.74) is 0. The third-order valence-electron chi connectivity index (χ3n) is 8.59. The number of phosphoric acid groups is 1. The lowest BCUT2D eigenvalue weighted by Gasteiger charge is -2.18. The van der Waals surface area contributed by atoms with Crippen molar-refractivity contribution in [2.75, 3.05) is 13.2 Å². The highest BCUT2D eigenvalue weighted by Gasteiger charge is 2.39. The van der Waals surface area contributed by atoms with Gasteiger partial charge in [-0.25, -0.2) is 4.57 Å². The fraction of sp³-hybridized carbons (Fsp3) is 0.806. The molecule has 0 heterocycles. The summed E-state index contributed by atoms with van der Waals surface area (Å²) in [5, 5.41) is 20.6. The third-order valence-corrected chi connectivity index (χ3v) is 9.08. The number of hydrogen-bond acceptors (Lipinski definition) is 9. The maximum atomic E-state index is 12.5. The summed E-state index contributed by atoms with van der Waals surface area (Å²) in [4.78, 5) is 55.2. The van der Waals surface area contributed by atoms with Gasteiger partial charge in [0.05, 0.1) is 18.8 Å². The predicted molar refractivity (Wildman–Crippen MR) is 185 cm³/mol. The maximum absolute atomic E-state index is 12.5. The quantitative estimate of drug-likeness (QED) is 0.0272. The Morgan fingerprint density at radius 2 is 1.46 bits per heavy atom. The van der Waals surface area contributed by atoms with E-state index in [0.717, 1.165) is 38.5 Å². The standard InChI is InChI=1S/C36H63O11P/c1-3-5-7-8-9-10-11-12-13-18-22-35(40)45-27-30(28-46-48(42,43)44)47-36(41)23-19-15-14-17-21-31-32(34(39)26-33(31)38)25-24-29(37)20-16-6-4-2/h14,17,24-25,29-32,34,37,39H,3-13,15-16,18-23,26-28H2,1-2H3,(H2,42,43,44)/b17-14-,25-24+/t29-,30+,31+,32+,34+/m0/s1. The maximum Gasteiger partial charge on any atom is 0.469 e. The molecule has 1 aliphatic carbocycles. The summed E-state index contributed by atoms with van der Waals surface area (Å²) < 4.78 is 26.2. The molecule has 48 heavy (non-hydrogen) atoms. The number of esters is 2. The third kappa shape index (κ3) is 22.7. The number of aliphatic hydroxyl groups excluding tert-OH is 2. The minimum atomic E-state index is -4.82.